The first-order valence-electron chi connectivity index (χ1n) is 10.7. The van der Waals surface area contributed by atoms with Crippen molar-refractivity contribution >= 4 is 17.7 Å². The van der Waals surface area contributed by atoms with E-state index in [1.54, 1.807) is 31.2 Å². The third-order valence-electron chi connectivity index (χ3n) is 5.10. The van der Waals surface area contributed by atoms with Gasteiger partial charge < -0.3 is 19.9 Å². The number of anilines is 1. The molecule has 8 nitrogen and oxygen atoms in total. The van der Waals surface area contributed by atoms with Gasteiger partial charge in [0.1, 0.15) is 5.82 Å². The molecule has 0 aliphatic heterocycles. The van der Waals surface area contributed by atoms with E-state index in [0.717, 1.165) is 22.8 Å². The molecule has 0 saturated carbocycles. The monoisotopic (exact) mass is 443 g/mol. The van der Waals surface area contributed by atoms with Crippen LogP contribution in [0.1, 0.15) is 28.5 Å². The second kappa shape index (κ2) is 9.86. The number of para-hydroxylation sites is 2. The predicted octanol–water partition coefficient (Wildman–Crippen LogP) is 4.47. The summed E-state index contributed by atoms with van der Waals surface area (Å²) >= 11 is 0. The van der Waals surface area contributed by atoms with E-state index >= 15 is 0 Å². The number of urea groups is 1. The molecule has 0 spiro atoms. The summed E-state index contributed by atoms with van der Waals surface area (Å²) in [6, 6.07) is 20.0. The number of aromatic nitrogens is 3. The number of amides is 2. The fourth-order valence-corrected chi connectivity index (χ4v) is 3.56. The van der Waals surface area contributed by atoms with Gasteiger partial charge in [0.05, 0.1) is 35.8 Å². The van der Waals surface area contributed by atoms with E-state index in [1.807, 2.05) is 71.0 Å². The van der Waals surface area contributed by atoms with Crippen LogP contribution in [0.4, 0.5) is 10.5 Å². The minimum absolute atomic E-state index is 0.250. The molecule has 2 heterocycles. The maximum absolute atomic E-state index is 12.7. The van der Waals surface area contributed by atoms with Gasteiger partial charge in [-0.15, -0.1) is 0 Å². The average Bonchev–Trinajstić information content (AvgIpc) is 3.46. The fraction of sp³-hybridized carbons (Fsp3) is 0.160. The Bertz CT molecular complexity index is 1250. The molecular weight excluding hydrogens is 418 g/mol. The molecule has 2 amide bonds. The van der Waals surface area contributed by atoms with Gasteiger partial charge in [-0.3, -0.25) is 0 Å². The highest BCUT2D eigenvalue weighted by Gasteiger charge is 2.19. The van der Waals surface area contributed by atoms with Crippen LogP contribution >= 0.6 is 0 Å². The van der Waals surface area contributed by atoms with Gasteiger partial charge in [-0.25, -0.2) is 14.3 Å². The molecule has 0 aliphatic carbocycles. The number of hydrogen-bond acceptors (Lipinski definition) is 4. The van der Waals surface area contributed by atoms with Crippen molar-refractivity contribution in [2.75, 3.05) is 11.9 Å². The summed E-state index contributed by atoms with van der Waals surface area (Å²) in [5.41, 5.74) is 3.29. The summed E-state index contributed by atoms with van der Waals surface area (Å²) in [5, 5.41) is 10.4. The Balaban J connectivity index is 1.57. The number of rotatable bonds is 7. The largest absolute Gasteiger partial charge is 0.462 e. The van der Waals surface area contributed by atoms with Crippen LogP contribution in [0.15, 0.2) is 79.1 Å². The lowest BCUT2D eigenvalue weighted by Gasteiger charge is -2.13. The molecule has 8 heteroatoms. The quantitative estimate of drug-likeness (QED) is 0.413. The predicted molar refractivity (Wildman–Crippen MR) is 126 cm³/mol. The Morgan fingerprint density at radius 3 is 2.39 bits per heavy atom. The lowest BCUT2D eigenvalue weighted by Crippen LogP contribution is -2.29. The number of aryl methyl sites for hydroxylation is 1. The smallest absolute Gasteiger partial charge is 0.340 e. The van der Waals surface area contributed by atoms with E-state index in [-0.39, 0.29) is 13.2 Å². The summed E-state index contributed by atoms with van der Waals surface area (Å²) in [5.74, 6) is 0.360. The summed E-state index contributed by atoms with van der Waals surface area (Å²) in [6.07, 6.45) is 3.88. The standard InChI is InChI=1S/C25H25N5O3/c1-3-33-24(31)20-13-7-8-14-22(20)27-25(32)26-17-21-18(2)28-30(19-11-5-4-6-12-19)23(21)29-15-9-10-16-29/h4-16H,3,17H2,1-2H3,(H2,26,27,32). The lowest BCUT2D eigenvalue weighted by atomic mass is 10.2. The van der Waals surface area contributed by atoms with Crippen molar-refractivity contribution in [3.63, 3.8) is 0 Å². The van der Waals surface area contributed by atoms with Gasteiger partial charge in [0.2, 0.25) is 0 Å². The number of carbonyl (C=O) groups is 2. The molecule has 2 aromatic carbocycles. The van der Waals surface area contributed by atoms with Gasteiger partial charge in [0.15, 0.2) is 0 Å². The molecule has 0 saturated heterocycles. The number of esters is 1. The van der Waals surface area contributed by atoms with Gasteiger partial charge in [-0.2, -0.15) is 5.10 Å². The normalized spacial score (nSPS) is 10.6. The molecule has 0 bridgehead atoms. The number of hydrogen-bond donors (Lipinski definition) is 2. The Morgan fingerprint density at radius 2 is 1.67 bits per heavy atom. The zero-order valence-electron chi connectivity index (χ0n) is 18.5. The van der Waals surface area contributed by atoms with E-state index < -0.39 is 12.0 Å². The van der Waals surface area contributed by atoms with Crippen molar-refractivity contribution in [3.05, 3.63) is 95.9 Å². The molecule has 2 aromatic heterocycles. The Hall–Kier alpha value is -4.33. The Kier molecular flexibility index (Phi) is 6.54. The second-order valence-electron chi connectivity index (χ2n) is 7.30. The summed E-state index contributed by atoms with van der Waals surface area (Å²) in [7, 11) is 0. The first-order valence-corrected chi connectivity index (χ1v) is 10.7. The summed E-state index contributed by atoms with van der Waals surface area (Å²) in [6.45, 7) is 4.16. The van der Waals surface area contributed by atoms with Crippen LogP contribution in [0.2, 0.25) is 0 Å². The highest BCUT2D eigenvalue weighted by Crippen LogP contribution is 2.23. The number of nitrogens with one attached hydrogen (secondary N) is 2. The van der Waals surface area contributed by atoms with Crippen LogP contribution in [-0.4, -0.2) is 33.0 Å². The number of benzene rings is 2. The van der Waals surface area contributed by atoms with E-state index in [4.69, 9.17) is 9.84 Å². The molecule has 4 aromatic rings. The topological polar surface area (TPSA) is 90.2 Å². The van der Waals surface area contributed by atoms with Gasteiger partial charge in [0.25, 0.3) is 0 Å². The maximum atomic E-state index is 12.7. The average molecular weight is 444 g/mol. The summed E-state index contributed by atoms with van der Waals surface area (Å²) in [4.78, 5) is 24.9. The van der Waals surface area contributed by atoms with Crippen molar-refractivity contribution < 1.29 is 14.3 Å². The highest BCUT2D eigenvalue weighted by atomic mass is 16.5. The van der Waals surface area contributed by atoms with Crippen molar-refractivity contribution in [2.45, 2.75) is 20.4 Å². The van der Waals surface area contributed by atoms with Crippen LogP contribution in [-0.2, 0) is 11.3 Å². The molecule has 2 N–H and O–H groups in total. The van der Waals surface area contributed by atoms with Gasteiger partial charge in [0, 0.05) is 18.0 Å². The van der Waals surface area contributed by atoms with E-state index in [0.29, 0.717) is 11.3 Å². The fourth-order valence-electron chi connectivity index (χ4n) is 3.56. The lowest BCUT2D eigenvalue weighted by molar-refractivity contribution is 0.0527. The van der Waals surface area contributed by atoms with Crippen molar-refractivity contribution in [1.82, 2.24) is 19.7 Å². The zero-order valence-corrected chi connectivity index (χ0v) is 18.5. The maximum Gasteiger partial charge on any atom is 0.340 e. The SMILES string of the molecule is CCOC(=O)c1ccccc1NC(=O)NCc1c(C)nn(-c2ccccc2)c1-n1cccc1. The van der Waals surface area contributed by atoms with Gasteiger partial charge >= 0.3 is 12.0 Å². The van der Waals surface area contributed by atoms with Crippen LogP contribution in [0, 0.1) is 6.92 Å². The van der Waals surface area contributed by atoms with E-state index in [1.165, 1.54) is 0 Å². The first-order chi connectivity index (χ1) is 16.1. The minimum atomic E-state index is -0.483. The molecule has 0 fully saturated rings. The highest BCUT2D eigenvalue weighted by molar-refractivity contribution is 6.00. The first kappa shape index (κ1) is 21.9. The molecular formula is C25H25N5O3. The van der Waals surface area contributed by atoms with Crippen molar-refractivity contribution in [2.24, 2.45) is 0 Å². The molecule has 168 valence electrons. The summed E-state index contributed by atoms with van der Waals surface area (Å²) < 4.78 is 8.90. The van der Waals surface area contributed by atoms with Crippen molar-refractivity contribution in [1.29, 1.82) is 0 Å². The Labute approximate surface area is 191 Å². The molecule has 0 atom stereocenters. The number of nitrogens with zero attached hydrogens (tertiary/aromatic N) is 3. The van der Waals surface area contributed by atoms with Crippen molar-refractivity contribution in [3.8, 4) is 11.5 Å². The molecule has 0 unspecified atom stereocenters. The van der Waals surface area contributed by atoms with Gasteiger partial charge in [-0.1, -0.05) is 30.3 Å². The third kappa shape index (κ3) is 4.79. The second-order valence-corrected chi connectivity index (χ2v) is 7.30. The molecule has 4 rings (SSSR count). The van der Waals surface area contributed by atoms with Crippen LogP contribution in [0.3, 0.4) is 0 Å². The minimum Gasteiger partial charge on any atom is -0.462 e. The molecule has 33 heavy (non-hydrogen) atoms. The Morgan fingerprint density at radius 1 is 0.970 bits per heavy atom. The van der Waals surface area contributed by atoms with Gasteiger partial charge in [-0.05, 0) is 50.2 Å². The third-order valence-corrected chi connectivity index (χ3v) is 5.10. The number of carbonyl (C=O) groups excluding carboxylic acids is 2. The van der Waals surface area contributed by atoms with E-state index in [9.17, 15) is 9.59 Å². The molecule has 0 aliphatic rings. The number of ether oxygens (including phenoxy) is 1. The van der Waals surface area contributed by atoms with E-state index in [2.05, 4.69) is 10.6 Å². The zero-order chi connectivity index (χ0) is 23.2. The van der Waals surface area contributed by atoms with Crippen LogP contribution < -0.4 is 10.6 Å². The van der Waals surface area contributed by atoms with Crippen LogP contribution in [0.25, 0.3) is 11.5 Å². The molecule has 0 radical (unpaired) electrons. The van der Waals surface area contributed by atoms with Crippen LogP contribution in [0.5, 0.6) is 0 Å².